The van der Waals surface area contributed by atoms with Crippen molar-refractivity contribution >= 4 is 11.8 Å². The fourth-order valence-corrected chi connectivity index (χ4v) is 0.756. The van der Waals surface area contributed by atoms with Crippen LogP contribution in [-0.4, -0.2) is 12.7 Å². The van der Waals surface area contributed by atoms with E-state index >= 15 is 0 Å². The van der Waals surface area contributed by atoms with Crippen molar-refractivity contribution in [1.29, 1.82) is 0 Å². The summed E-state index contributed by atoms with van der Waals surface area (Å²) in [4.78, 5) is 10.9. The summed E-state index contributed by atoms with van der Waals surface area (Å²) in [7, 11) is 0. The molecule has 12 heavy (non-hydrogen) atoms. The van der Waals surface area contributed by atoms with Crippen LogP contribution < -0.4 is 5.32 Å². The van der Waals surface area contributed by atoms with E-state index in [1.54, 1.807) is 31.2 Å². The second-order valence-corrected chi connectivity index (χ2v) is 2.14. The standard InChI is InChI=1S/C9H10NO2/c1-2-12-9(11)10-8-6-4-3-5-7-8/h3-4,6-7H,2H2,1H3,(H,10,11). The van der Waals surface area contributed by atoms with Crippen LogP contribution in [0.4, 0.5) is 10.5 Å². The van der Waals surface area contributed by atoms with E-state index in [2.05, 4.69) is 16.1 Å². The predicted octanol–water partition coefficient (Wildman–Crippen LogP) is 2.06. The Labute approximate surface area is 71.4 Å². The zero-order chi connectivity index (χ0) is 8.81. The average Bonchev–Trinajstić information content (AvgIpc) is 2.06. The number of benzene rings is 1. The molecule has 0 aliphatic carbocycles. The summed E-state index contributed by atoms with van der Waals surface area (Å²) in [6.45, 7) is 2.14. The molecule has 1 aromatic carbocycles. The summed E-state index contributed by atoms with van der Waals surface area (Å²) in [5.41, 5.74) is 0.691. The number of rotatable bonds is 2. The molecule has 0 saturated carbocycles. The second-order valence-electron chi connectivity index (χ2n) is 2.14. The molecule has 1 aromatic rings. The van der Waals surface area contributed by atoms with E-state index in [4.69, 9.17) is 0 Å². The Morgan fingerprint density at radius 3 is 3.17 bits per heavy atom. The molecule has 0 bridgehead atoms. The van der Waals surface area contributed by atoms with Crippen molar-refractivity contribution in [3.63, 3.8) is 0 Å². The number of amides is 1. The molecule has 3 heteroatoms. The van der Waals surface area contributed by atoms with Gasteiger partial charge in [0.1, 0.15) is 0 Å². The minimum absolute atomic E-state index is 0.377. The summed E-state index contributed by atoms with van der Waals surface area (Å²) in [6, 6.07) is 9.84. The van der Waals surface area contributed by atoms with Gasteiger partial charge in [0.15, 0.2) is 0 Å². The fourth-order valence-electron chi connectivity index (χ4n) is 0.756. The first-order valence-corrected chi connectivity index (χ1v) is 3.73. The van der Waals surface area contributed by atoms with Crippen LogP contribution in [0.1, 0.15) is 6.92 Å². The third kappa shape index (κ3) is 2.62. The van der Waals surface area contributed by atoms with E-state index < -0.39 is 6.09 Å². The number of carbonyl (C=O) groups is 1. The van der Waals surface area contributed by atoms with Gasteiger partial charge in [-0.05, 0) is 25.1 Å². The Kier molecular flexibility index (Phi) is 3.14. The highest BCUT2D eigenvalue weighted by Crippen LogP contribution is 2.04. The lowest BCUT2D eigenvalue weighted by molar-refractivity contribution is 0.168. The minimum Gasteiger partial charge on any atom is -0.450 e. The number of hydrogen-bond acceptors (Lipinski definition) is 2. The molecule has 1 N–H and O–H groups in total. The summed E-state index contributed by atoms with van der Waals surface area (Å²) < 4.78 is 4.68. The van der Waals surface area contributed by atoms with Gasteiger partial charge in [-0.2, -0.15) is 0 Å². The van der Waals surface area contributed by atoms with Gasteiger partial charge < -0.3 is 4.74 Å². The van der Waals surface area contributed by atoms with Crippen molar-refractivity contribution in [1.82, 2.24) is 0 Å². The zero-order valence-electron chi connectivity index (χ0n) is 6.83. The SMILES string of the molecule is CCOC(=O)Nc1c[c]ccc1. The zero-order valence-corrected chi connectivity index (χ0v) is 6.83. The lowest BCUT2D eigenvalue weighted by Gasteiger charge is -2.03. The van der Waals surface area contributed by atoms with Crippen LogP contribution in [0, 0.1) is 6.07 Å². The molecule has 0 unspecified atom stereocenters. The van der Waals surface area contributed by atoms with Crippen molar-refractivity contribution in [2.75, 3.05) is 11.9 Å². The third-order valence-electron chi connectivity index (χ3n) is 1.23. The molecule has 0 atom stereocenters. The molecule has 0 aromatic heterocycles. The molecular formula is C9H10NO2. The molecule has 0 fully saturated rings. The summed E-state index contributed by atoms with van der Waals surface area (Å²) in [5.74, 6) is 0. The Morgan fingerprint density at radius 2 is 2.58 bits per heavy atom. The van der Waals surface area contributed by atoms with Crippen LogP contribution in [-0.2, 0) is 4.74 Å². The highest BCUT2D eigenvalue weighted by Gasteiger charge is 1.98. The van der Waals surface area contributed by atoms with Gasteiger partial charge in [0.05, 0.1) is 6.61 Å². The maximum Gasteiger partial charge on any atom is 0.411 e. The fraction of sp³-hybridized carbons (Fsp3) is 0.222. The van der Waals surface area contributed by atoms with Gasteiger partial charge in [0.25, 0.3) is 0 Å². The van der Waals surface area contributed by atoms with Crippen molar-refractivity contribution in [3.05, 3.63) is 30.3 Å². The maximum atomic E-state index is 10.9. The predicted molar refractivity (Wildman–Crippen MR) is 45.9 cm³/mol. The van der Waals surface area contributed by atoms with Gasteiger partial charge in [-0.25, -0.2) is 4.79 Å². The average molecular weight is 164 g/mol. The molecule has 0 aliphatic heterocycles. The molecule has 1 radical (unpaired) electrons. The van der Waals surface area contributed by atoms with Gasteiger partial charge >= 0.3 is 6.09 Å². The van der Waals surface area contributed by atoms with E-state index in [1.807, 2.05) is 0 Å². The van der Waals surface area contributed by atoms with E-state index in [0.29, 0.717) is 12.3 Å². The number of ether oxygens (including phenoxy) is 1. The molecule has 0 heterocycles. The van der Waals surface area contributed by atoms with Gasteiger partial charge in [-0.15, -0.1) is 0 Å². The smallest absolute Gasteiger partial charge is 0.411 e. The number of carbonyl (C=O) groups excluding carboxylic acids is 1. The van der Waals surface area contributed by atoms with Gasteiger partial charge in [0.2, 0.25) is 0 Å². The Bertz CT molecular complexity index is 246. The third-order valence-corrected chi connectivity index (χ3v) is 1.23. The van der Waals surface area contributed by atoms with Crippen molar-refractivity contribution in [2.45, 2.75) is 6.92 Å². The van der Waals surface area contributed by atoms with E-state index in [0.717, 1.165) is 0 Å². The highest BCUT2D eigenvalue weighted by molar-refractivity contribution is 5.84. The molecule has 3 nitrogen and oxygen atoms in total. The van der Waals surface area contributed by atoms with Crippen molar-refractivity contribution < 1.29 is 9.53 Å². The largest absolute Gasteiger partial charge is 0.450 e. The second kappa shape index (κ2) is 4.38. The molecule has 0 spiro atoms. The number of hydrogen-bond donors (Lipinski definition) is 1. The quantitative estimate of drug-likeness (QED) is 0.726. The molecule has 0 aliphatic rings. The van der Waals surface area contributed by atoms with Crippen LogP contribution in [0.15, 0.2) is 24.3 Å². The monoisotopic (exact) mass is 164 g/mol. The summed E-state index contributed by atoms with van der Waals surface area (Å²) >= 11 is 0. The van der Waals surface area contributed by atoms with Crippen molar-refractivity contribution in [3.8, 4) is 0 Å². The minimum atomic E-state index is -0.433. The first kappa shape index (κ1) is 8.59. The first-order valence-electron chi connectivity index (χ1n) is 3.73. The van der Waals surface area contributed by atoms with E-state index in [-0.39, 0.29) is 0 Å². The van der Waals surface area contributed by atoms with Crippen molar-refractivity contribution in [2.24, 2.45) is 0 Å². The summed E-state index contributed by atoms with van der Waals surface area (Å²) in [6.07, 6.45) is -0.433. The lowest BCUT2D eigenvalue weighted by atomic mass is 10.3. The molecular weight excluding hydrogens is 154 g/mol. The number of anilines is 1. The lowest BCUT2D eigenvalue weighted by Crippen LogP contribution is -2.12. The Balaban J connectivity index is 2.47. The molecule has 1 amide bonds. The topological polar surface area (TPSA) is 38.3 Å². The Morgan fingerprint density at radius 1 is 1.75 bits per heavy atom. The van der Waals surface area contributed by atoms with Crippen LogP contribution in [0.25, 0.3) is 0 Å². The first-order chi connectivity index (χ1) is 5.83. The number of nitrogens with one attached hydrogen (secondary N) is 1. The van der Waals surface area contributed by atoms with E-state index in [1.165, 1.54) is 0 Å². The highest BCUT2D eigenvalue weighted by atomic mass is 16.5. The Hall–Kier alpha value is -1.51. The van der Waals surface area contributed by atoms with Crippen LogP contribution in [0.3, 0.4) is 0 Å². The molecule has 63 valence electrons. The van der Waals surface area contributed by atoms with Crippen LogP contribution in [0.2, 0.25) is 0 Å². The van der Waals surface area contributed by atoms with Crippen LogP contribution in [0.5, 0.6) is 0 Å². The normalized spacial score (nSPS) is 9.08. The van der Waals surface area contributed by atoms with Gasteiger partial charge in [0, 0.05) is 5.69 Å². The molecule has 1 rings (SSSR count). The molecule has 0 saturated heterocycles. The maximum absolute atomic E-state index is 10.9. The van der Waals surface area contributed by atoms with Gasteiger partial charge in [-0.1, -0.05) is 12.1 Å². The van der Waals surface area contributed by atoms with E-state index in [9.17, 15) is 4.79 Å². The van der Waals surface area contributed by atoms with Crippen LogP contribution >= 0.6 is 0 Å². The summed E-state index contributed by atoms with van der Waals surface area (Å²) in [5, 5.41) is 2.55. The van der Waals surface area contributed by atoms with Gasteiger partial charge in [-0.3, -0.25) is 5.32 Å².